The summed E-state index contributed by atoms with van der Waals surface area (Å²) in [7, 11) is 0. The van der Waals surface area contributed by atoms with E-state index in [2.05, 4.69) is 13.2 Å². The van der Waals surface area contributed by atoms with Crippen molar-refractivity contribution in [2.75, 3.05) is 13.2 Å². The van der Waals surface area contributed by atoms with Gasteiger partial charge < -0.3 is 18.9 Å². The van der Waals surface area contributed by atoms with Crippen LogP contribution in [0.3, 0.4) is 0 Å². The molecule has 5 aromatic rings. The molecule has 60 heavy (non-hydrogen) atoms. The molecule has 0 spiro atoms. The number of esters is 2. The number of hydrogen-bond acceptors (Lipinski definition) is 6. The van der Waals surface area contributed by atoms with E-state index in [4.69, 9.17) is 18.9 Å². The summed E-state index contributed by atoms with van der Waals surface area (Å²) in [5.41, 5.74) is 4.83. The van der Waals surface area contributed by atoms with Crippen LogP contribution < -0.4 is 18.9 Å². The molecule has 6 nitrogen and oxygen atoms in total. The van der Waals surface area contributed by atoms with E-state index in [1.54, 1.807) is 42.5 Å². The van der Waals surface area contributed by atoms with Gasteiger partial charge in [-0.15, -0.1) is 13.2 Å². The van der Waals surface area contributed by atoms with Crippen LogP contribution in [0.2, 0.25) is 0 Å². The minimum absolute atomic E-state index is 0.275. The second-order valence-corrected chi connectivity index (χ2v) is 15.3. The number of allylic oxidation sites excluding steroid dienone is 2. The summed E-state index contributed by atoms with van der Waals surface area (Å²) in [6, 6.07) is 37.1. The SMILES string of the molecule is C=CCCCCCCCCCOc1ccc(-c2ccc(C(=O)Oc3cccc(OC(=O)c4ccc(-c5ccc(OCCCCCCCCCC=C)cc5)cc4)c3)cc2)cc1. The molecule has 6 heteroatoms. The molecule has 0 saturated heterocycles. The first-order chi connectivity index (χ1) is 29.5. The quantitative estimate of drug-likeness (QED) is 0.0217. The first kappa shape index (κ1) is 45.2. The Hall–Kier alpha value is -5.88. The van der Waals surface area contributed by atoms with Crippen molar-refractivity contribution < 1.29 is 28.5 Å². The molecule has 0 heterocycles. The van der Waals surface area contributed by atoms with Gasteiger partial charge in [0.1, 0.15) is 23.0 Å². The Labute approximate surface area is 358 Å². The third kappa shape index (κ3) is 16.1. The third-order valence-corrected chi connectivity index (χ3v) is 10.5. The maximum Gasteiger partial charge on any atom is 0.343 e. The first-order valence-corrected chi connectivity index (χ1v) is 22.0. The normalized spacial score (nSPS) is 10.8. The summed E-state index contributed by atoms with van der Waals surface area (Å²) in [6.07, 6.45) is 23.5. The number of benzene rings is 5. The fourth-order valence-electron chi connectivity index (χ4n) is 6.95. The van der Waals surface area contributed by atoms with Gasteiger partial charge in [-0.2, -0.15) is 0 Å². The van der Waals surface area contributed by atoms with E-state index in [1.165, 1.54) is 83.1 Å². The van der Waals surface area contributed by atoms with Crippen LogP contribution in [-0.4, -0.2) is 25.2 Å². The first-order valence-electron chi connectivity index (χ1n) is 22.0. The highest BCUT2D eigenvalue weighted by Crippen LogP contribution is 2.27. The Balaban J connectivity index is 1.01. The van der Waals surface area contributed by atoms with Crippen LogP contribution in [0, 0.1) is 0 Å². The van der Waals surface area contributed by atoms with Gasteiger partial charge in [0, 0.05) is 6.07 Å². The van der Waals surface area contributed by atoms with E-state index in [1.807, 2.05) is 84.9 Å². The minimum atomic E-state index is -0.506. The molecule has 5 rings (SSSR count). The fourth-order valence-corrected chi connectivity index (χ4v) is 6.95. The van der Waals surface area contributed by atoms with Crippen LogP contribution in [0.15, 0.2) is 147 Å². The summed E-state index contributed by atoms with van der Waals surface area (Å²) in [4.78, 5) is 26.1. The average Bonchev–Trinajstić information content (AvgIpc) is 3.28. The van der Waals surface area contributed by atoms with Crippen LogP contribution >= 0.6 is 0 Å². The Morgan fingerprint density at radius 1 is 0.383 bits per heavy atom. The van der Waals surface area contributed by atoms with Gasteiger partial charge in [-0.1, -0.05) is 131 Å². The zero-order valence-corrected chi connectivity index (χ0v) is 35.3. The zero-order chi connectivity index (χ0) is 42.0. The van der Waals surface area contributed by atoms with Crippen molar-refractivity contribution in [3.8, 4) is 45.3 Å². The second-order valence-electron chi connectivity index (χ2n) is 15.3. The van der Waals surface area contributed by atoms with Crippen molar-refractivity contribution in [3.63, 3.8) is 0 Å². The van der Waals surface area contributed by atoms with Crippen LogP contribution in [0.25, 0.3) is 22.3 Å². The Bertz CT molecular complexity index is 1870. The molecule has 0 amide bonds. The molecular weight excluding hydrogens is 745 g/mol. The van der Waals surface area contributed by atoms with Crippen molar-refractivity contribution in [1.82, 2.24) is 0 Å². The molecule has 5 aromatic carbocycles. The number of carbonyl (C=O) groups excluding carboxylic acids is 2. The van der Waals surface area contributed by atoms with E-state index in [-0.39, 0.29) is 11.5 Å². The maximum atomic E-state index is 13.0. The minimum Gasteiger partial charge on any atom is -0.494 e. The van der Waals surface area contributed by atoms with Gasteiger partial charge in [0.2, 0.25) is 0 Å². The standard InChI is InChI=1S/C54H62O6/c1-3-5-7-9-11-13-15-17-19-40-57-49-36-32-45(33-37-49)43-24-28-47(29-25-43)53(55)59-51-22-21-23-52(42-51)60-54(56)48-30-26-44(27-31-48)46-34-38-50(39-35-46)58-41-20-18-16-14-12-10-8-6-4-2/h3-4,21-39,42H,1-2,5-20,40-41H2. The van der Waals surface area contributed by atoms with Crippen molar-refractivity contribution in [1.29, 1.82) is 0 Å². The highest BCUT2D eigenvalue weighted by molar-refractivity contribution is 5.93. The maximum absolute atomic E-state index is 13.0. The number of carbonyl (C=O) groups is 2. The van der Waals surface area contributed by atoms with Gasteiger partial charge in [-0.25, -0.2) is 9.59 Å². The molecular formula is C54H62O6. The van der Waals surface area contributed by atoms with Gasteiger partial charge in [-0.3, -0.25) is 0 Å². The lowest BCUT2D eigenvalue weighted by Gasteiger charge is -2.10. The second kappa shape index (κ2) is 26.3. The zero-order valence-electron chi connectivity index (χ0n) is 35.3. The van der Waals surface area contributed by atoms with Crippen LogP contribution in [-0.2, 0) is 0 Å². The summed E-state index contributed by atoms with van der Waals surface area (Å²) >= 11 is 0. The van der Waals surface area contributed by atoms with Crippen LogP contribution in [0.4, 0.5) is 0 Å². The van der Waals surface area contributed by atoms with E-state index < -0.39 is 11.9 Å². The van der Waals surface area contributed by atoms with E-state index in [0.29, 0.717) is 11.1 Å². The van der Waals surface area contributed by atoms with Crippen molar-refractivity contribution in [3.05, 3.63) is 158 Å². The fraction of sp³-hybridized carbons (Fsp3) is 0.333. The molecule has 0 radical (unpaired) electrons. The smallest absolute Gasteiger partial charge is 0.343 e. The molecule has 0 fully saturated rings. The summed E-state index contributed by atoms with van der Waals surface area (Å²) < 4.78 is 23.2. The predicted molar refractivity (Wildman–Crippen MR) is 245 cm³/mol. The van der Waals surface area contributed by atoms with E-state index >= 15 is 0 Å². The molecule has 0 unspecified atom stereocenters. The molecule has 0 aliphatic heterocycles. The topological polar surface area (TPSA) is 71.1 Å². The lowest BCUT2D eigenvalue weighted by molar-refractivity contribution is 0.0733. The van der Waals surface area contributed by atoms with Crippen molar-refractivity contribution >= 4 is 11.9 Å². The average molecular weight is 807 g/mol. The highest BCUT2D eigenvalue weighted by atomic mass is 16.5. The largest absolute Gasteiger partial charge is 0.494 e. The number of hydrogen-bond donors (Lipinski definition) is 0. The van der Waals surface area contributed by atoms with E-state index in [0.717, 1.165) is 72.6 Å². The van der Waals surface area contributed by atoms with E-state index in [9.17, 15) is 9.59 Å². The van der Waals surface area contributed by atoms with Crippen molar-refractivity contribution in [2.24, 2.45) is 0 Å². The predicted octanol–water partition coefficient (Wildman–Crippen LogP) is 14.8. The molecule has 0 aliphatic rings. The number of ether oxygens (including phenoxy) is 4. The van der Waals surface area contributed by atoms with Gasteiger partial charge in [0.15, 0.2) is 0 Å². The summed E-state index contributed by atoms with van der Waals surface area (Å²) in [5, 5.41) is 0. The van der Waals surface area contributed by atoms with Gasteiger partial charge >= 0.3 is 11.9 Å². The lowest BCUT2D eigenvalue weighted by atomic mass is 10.0. The molecule has 0 aromatic heterocycles. The molecule has 0 atom stereocenters. The van der Waals surface area contributed by atoms with Gasteiger partial charge in [0.25, 0.3) is 0 Å². The summed E-state index contributed by atoms with van der Waals surface area (Å²) in [5.74, 6) is 1.25. The monoisotopic (exact) mass is 806 g/mol. The Morgan fingerprint density at radius 3 is 1.05 bits per heavy atom. The molecule has 0 aliphatic carbocycles. The van der Waals surface area contributed by atoms with Crippen LogP contribution in [0.1, 0.15) is 123 Å². The Morgan fingerprint density at radius 2 is 0.700 bits per heavy atom. The number of rotatable bonds is 28. The molecule has 0 N–H and O–H groups in total. The lowest BCUT2D eigenvalue weighted by Crippen LogP contribution is -2.10. The Kier molecular flexibility index (Phi) is 19.8. The third-order valence-electron chi connectivity index (χ3n) is 10.5. The summed E-state index contributed by atoms with van der Waals surface area (Å²) in [6.45, 7) is 9.00. The molecule has 0 saturated carbocycles. The van der Waals surface area contributed by atoms with Crippen molar-refractivity contribution in [2.45, 2.75) is 103 Å². The van der Waals surface area contributed by atoms with Gasteiger partial charge in [-0.05, 0) is 121 Å². The number of unbranched alkanes of at least 4 members (excludes halogenated alkanes) is 14. The highest BCUT2D eigenvalue weighted by Gasteiger charge is 2.13. The molecule has 314 valence electrons. The van der Waals surface area contributed by atoms with Gasteiger partial charge in [0.05, 0.1) is 24.3 Å². The van der Waals surface area contributed by atoms with Crippen LogP contribution in [0.5, 0.6) is 23.0 Å². The molecule has 0 bridgehead atoms.